The van der Waals surface area contributed by atoms with E-state index in [0.29, 0.717) is 22.1 Å². The van der Waals surface area contributed by atoms with Gasteiger partial charge in [-0.25, -0.2) is 9.69 Å². The maximum atomic E-state index is 13.6. The zero-order chi connectivity index (χ0) is 25.8. The molecule has 2 amide bonds. The van der Waals surface area contributed by atoms with Crippen LogP contribution in [0.4, 0.5) is 11.4 Å². The third-order valence-electron chi connectivity index (χ3n) is 5.77. The van der Waals surface area contributed by atoms with Crippen LogP contribution < -0.4 is 10.2 Å². The molecule has 0 aromatic heterocycles. The summed E-state index contributed by atoms with van der Waals surface area (Å²) in [6, 6.07) is 21.9. The van der Waals surface area contributed by atoms with Gasteiger partial charge in [0.05, 0.1) is 17.9 Å². The molecule has 0 unspecified atom stereocenters. The first-order valence-electron chi connectivity index (χ1n) is 11.8. The van der Waals surface area contributed by atoms with Gasteiger partial charge in [-0.1, -0.05) is 55.4 Å². The molecule has 7 heteroatoms. The summed E-state index contributed by atoms with van der Waals surface area (Å²) in [6.45, 7) is 8.22. The van der Waals surface area contributed by atoms with Crippen LogP contribution in [-0.2, 0) is 14.3 Å². The molecular formula is C29H28N2O4S. The number of hydrogen-bond donors (Lipinski definition) is 1. The first-order chi connectivity index (χ1) is 17.3. The van der Waals surface area contributed by atoms with Gasteiger partial charge in [-0.2, -0.15) is 0 Å². The van der Waals surface area contributed by atoms with E-state index in [2.05, 4.69) is 19.2 Å². The normalized spacial score (nSPS) is 13.5. The van der Waals surface area contributed by atoms with E-state index in [1.165, 1.54) is 17.3 Å². The van der Waals surface area contributed by atoms with Crippen molar-refractivity contribution in [2.45, 2.75) is 38.5 Å². The maximum absolute atomic E-state index is 13.6. The highest BCUT2D eigenvalue weighted by Gasteiger charge is 2.40. The summed E-state index contributed by atoms with van der Waals surface area (Å²) in [5.41, 5.74) is 3.96. The second kappa shape index (κ2) is 10.8. The Morgan fingerprint density at radius 3 is 2.14 bits per heavy atom. The molecule has 0 atom stereocenters. The summed E-state index contributed by atoms with van der Waals surface area (Å²) < 4.78 is 5.03. The zero-order valence-electron chi connectivity index (χ0n) is 20.7. The molecule has 0 saturated carbocycles. The smallest absolute Gasteiger partial charge is 0.338 e. The van der Waals surface area contributed by atoms with E-state index in [-0.39, 0.29) is 12.3 Å². The van der Waals surface area contributed by atoms with Gasteiger partial charge in [0.15, 0.2) is 0 Å². The number of imide groups is 1. The van der Waals surface area contributed by atoms with Crippen molar-refractivity contribution < 1.29 is 19.1 Å². The third-order valence-corrected chi connectivity index (χ3v) is 6.86. The van der Waals surface area contributed by atoms with Crippen molar-refractivity contribution in [2.24, 2.45) is 0 Å². The van der Waals surface area contributed by atoms with Crippen LogP contribution in [-0.4, -0.2) is 24.4 Å². The van der Waals surface area contributed by atoms with Crippen molar-refractivity contribution in [3.05, 3.63) is 100 Å². The van der Waals surface area contributed by atoms with Crippen LogP contribution in [0.2, 0.25) is 0 Å². The number of amides is 2. The third kappa shape index (κ3) is 5.36. The Balaban J connectivity index is 1.67. The Kier molecular flexibility index (Phi) is 7.60. The minimum atomic E-state index is -0.455. The van der Waals surface area contributed by atoms with E-state index in [1.807, 2.05) is 55.5 Å². The average Bonchev–Trinajstić information content (AvgIpc) is 3.09. The van der Waals surface area contributed by atoms with Crippen molar-refractivity contribution in [1.82, 2.24) is 0 Å². The van der Waals surface area contributed by atoms with Crippen LogP contribution in [0.15, 0.2) is 88.3 Å². The lowest BCUT2D eigenvalue weighted by Crippen LogP contribution is -2.32. The quantitative estimate of drug-likeness (QED) is 0.290. The van der Waals surface area contributed by atoms with Gasteiger partial charge < -0.3 is 10.1 Å². The van der Waals surface area contributed by atoms with Gasteiger partial charge in [0.1, 0.15) is 10.6 Å². The summed E-state index contributed by atoms with van der Waals surface area (Å²) in [6.07, 6.45) is 0. The highest BCUT2D eigenvalue weighted by Crippen LogP contribution is 2.38. The lowest BCUT2D eigenvalue weighted by molar-refractivity contribution is -0.120. The fourth-order valence-electron chi connectivity index (χ4n) is 3.73. The fourth-order valence-corrected chi connectivity index (χ4v) is 4.66. The van der Waals surface area contributed by atoms with Crippen LogP contribution in [0.25, 0.3) is 0 Å². The largest absolute Gasteiger partial charge is 0.462 e. The summed E-state index contributed by atoms with van der Waals surface area (Å²) in [5.74, 6) is -0.945. The summed E-state index contributed by atoms with van der Waals surface area (Å²) in [5, 5.41) is 3.19. The number of nitrogens with zero attached hydrogens (tertiary/aromatic N) is 1. The zero-order valence-corrected chi connectivity index (χ0v) is 21.5. The minimum absolute atomic E-state index is 0.220. The number of rotatable bonds is 8. The Hall–Kier alpha value is -3.84. The number of benzene rings is 3. The van der Waals surface area contributed by atoms with Crippen LogP contribution in [0, 0.1) is 6.92 Å². The first kappa shape index (κ1) is 25.3. The number of carbonyl (C=O) groups is 3. The monoisotopic (exact) mass is 500 g/mol. The second-order valence-corrected chi connectivity index (χ2v) is 9.82. The van der Waals surface area contributed by atoms with Crippen LogP contribution in [0.5, 0.6) is 0 Å². The predicted molar refractivity (Wildman–Crippen MR) is 143 cm³/mol. The molecule has 3 aromatic carbocycles. The Labute approximate surface area is 215 Å². The predicted octanol–water partition coefficient (Wildman–Crippen LogP) is 6.28. The molecule has 4 rings (SSSR count). The number of nitrogens with one attached hydrogen (secondary N) is 1. The number of esters is 1. The van der Waals surface area contributed by atoms with Crippen LogP contribution >= 0.6 is 11.8 Å². The van der Waals surface area contributed by atoms with Gasteiger partial charge in [-0.05, 0) is 73.9 Å². The SMILES string of the molecule is CCOC(=O)c1ccc(N2C(=O)C(Nc3ccc(C(C)C)cc3)=C(Sc3ccc(C)cc3)C2=O)cc1. The van der Waals surface area contributed by atoms with Gasteiger partial charge in [0.25, 0.3) is 11.8 Å². The maximum Gasteiger partial charge on any atom is 0.338 e. The van der Waals surface area contributed by atoms with E-state index in [1.54, 1.807) is 31.2 Å². The van der Waals surface area contributed by atoms with E-state index in [9.17, 15) is 14.4 Å². The summed E-state index contributed by atoms with van der Waals surface area (Å²) in [4.78, 5) is 41.4. The molecule has 0 aliphatic carbocycles. The lowest BCUT2D eigenvalue weighted by Gasteiger charge is -2.16. The number of anilines is 2. The van der Waals surface area contributed by atoms with Gasteiger partial charge in [-0.3, -0.25) is 9.59 Å². The van der Waals surface area contributed by atoms with Crippen molar-refractivity contribution in [3.8, 4) is 0 Å². The van der Waals surface area contributed by atoms with Crippen LogP contribution in [0.3, 0.4) is 0 Å². The highest BCUT2D eigenvalue weighted by molar-refractivity contribution is 8.04. The Bertz CT molecular complexity index is 1310. The molecular weight excluding hydrogens is 472 g/mol. The number of hydrogen-bond acceptors (Lipinski definition) is 6. The van der Waals surface area contributed by atoms with E-state index in [4.69, 9.17) is 4.74 Å². The molecule has 1 aliphatic rings. The van der Waals surface area contributed by atoms with E-state index in [0.717, 1.165) is 21.0 Å². The molecule has 0 radical (unpaired) electrons. The van der Waals surface area contributed by atoms with E-state index >= 15 is 0 Å². The molecule has 0 saturated heterocycles. The van der Waals surface area contributed by atoms with Gasteiger partial charge in [0.2, 0.25) is 0 Å². The van der Waals surface area contributed by atoms with Gasteiger partial charge in [-0.15, -0.1) is 0 Å². The minimum Gasteiger partial charge on any atom is -0.462 e. The van der Waals surface area contributed by atoms with Gasteiger partial charge >= 0.3 is 5.97 Å². The fraction of sp³-hybridized carbons (Fsp3) is 0.207. The average molecular weight is 501 g/mol. The second-order valence-electron chi connectivity index (χ2n) is 8.73. The van der Waals surface area contributed by atoms with Crippen molar-refractivity contribution in [2.75, 3.05) is 16.8 Å². The molecule has 0 bridgehead atoms. The van der Waals surface area contributed by atoms with Crippen LogP contribution in [0.1, 0.15) is 48.2 Å². The molecule has 1 aliphatic heterocycles. The van der Waals surface area contributed by atoms with Crippen molar-refractivity contribution >= 4 is 40.9 Å². The Morgan fingerprint density at radius 2 is 1.56 bits per heavy atom. The Morgan fingerprint density at radius 1 is 0.917 bits per heavy atom. The number of carbonyl (C=O) groups excluding carboxylic acids is 3. The molecule has 0 spiro atoms. The molecule has 6 nitrogen and oxygen atoms in total. The molecule has 0 fully saturated rings. The molecule has 184 valence electrons. The van der Waals surface area contributed by atoms with Crippen molar-refractivity contribution in [1.29, 1.82) is 0 Å². The van der Waals surface area contributed by atoms with Crippen molar-refractivity contribution in [3.63, 3.8) is 0 Å². The molecule has 3 aromatic rings. The molecule has 1 heterocycles. The summed E-state index contributed by atoms with van der Waals surface area (Å²) in [7, 11) is 0. The first-order valence-corrected chi connectivity index (χ1v) is 12.6. The standard InChI is InChI=1S/C29H28N2O4S/c1-5-35-29(34)21-10-14-23(15-11-21)31-27(32)25(30-22-12-8-20(9-13-22)18(2)3)26(28(31)33)36-24-16-6-19(4)7-17-24/h6-18,30H,5H2,1-4H3. The lowest BCUT2D eigenvalue weighted by atomic mass is 10.0. The topological polar surface area (TPSA) is 75.7 Å². The summed E-state index contributed by atoms with van der Waals surface area (Å²) >= 11 is 1.25. The highest BCUT2D eigenvalue weighted by atomic mass is 32.2. The number of ether oxygens (including phenoxy) is 1. The molecule has 1 N–H and O–H groups in total. The van der Waals surface area contributed by atoms with E-state index < -0.39 is 17.8 Å². The number of thioether (sulfide) groups is 1. The number of aryl methyl sites for hydroxylation is 1. The van der Waals surface area contributed by atoms with Gasteiger partial charge in [0, 0.05) is 10.6 Å². The molecule has 36 heavy (non-hydrogen) atoms.